The van der Waals surface area contributed by atoms with Crippen LogP contribution in [0.15, 0.2) is 29.8 Å². The quantitative estimate of drug-likeness (QED) is 0.430. The number of nitrogens with one attached hydrogen (secondary N) is 4. The minimum Gasteiger partial charge on any atom is -0.341 e. The number of imidazole rings is 2. The Kier molecular flexibility index (Phi) is 6.54. The van der Waals surface area contributed by atoms with Gasteiger partial charge in [-0.2, -0.15) is 0 Å². The first-order valence-electron chi connectivity index (χ1n) is 13.8. The van der Waals surface area contributed by atoms with E-state index >= 15 is 0 Å². The molecule has 0 amide bonds. The van der Waals surface area contributed by atoms with Crippen molar-refractivity contribution in [1.29, 1.82) is 0 Å². The van der Waals surface area contributed by atoms with E-state index in [2.05, 4.69) is 76.3 Å². The number of aromatic nitrogens is 4. The van der Waals surface area contributed by atoms with Crippen LogP contribution in [0.2, 0.25) is 0 Å². The second-order valence-electron chi connectivity index (χ2n) is 10.6. The molecule has 1 aromatic carbocycles. The summed E-state index contributed by atoms with van der Waals surface area (Å²) in [4.78, 5) is 19.5. The average molecular weight is 486 g/mol. The first-order chi connectivity index (χ1) is 17.6. The lowest BCUT2D eigenvalue weighted by Crippen LogP contribution is -2.33. The maximum Gasteiger partial charge on any atom is 0.124 e. The summed E-state index contributed by atoms with van der Waals surface area (Å²) in [5.74, 6) is 2.10. The monoisotopic (exact) mass is 485 g/mol. The Morgan fingerprint density at radius 3 is 2.44 bits per heavy atom. The standard InChI is InChI=1S/C29H39N7/c1-4-19(16-24-18(3)32-28(34-24)22-8-6-14-30-22)26-12-13-27(36(26)5-2)20-10-11-21-25(17-20)35-29(33-21)23-9-7-15-31-23/h4,10-11,16-17,22-23,26-27,30-31H,3,5-9,12-15H2,1-2H3,(H,32,34)(H,33,35)/b19-4+,24-16+/t22-,23?,26?,27?/m0/s1. The van der Waals surface area contributed by atoms with E-state index in [4.69, 9.17) is 9.97 Å². The second-order valence-corrected chi connectivity index (χ2v) is 10.6. The Labute approximate surface area is 213 Å². The highest BCUT2D eigenvalue weighted by Gasteiger charge is 2.35. The van der Waals surface area contributed by atoms with E-state index in [9.17, 15) is 0 Å². The van der Waals surface area contributed by atoms with Gasteiger partial charge in [-0.05, 0) is 94.4 Å². The van der Waals surface area contributed by atoms with Crippen LogP contribution in [0.1, 0.15) is 87.7 Å². The Morgan fingerprint density at radius 2 is 1.78 bits per heavy atom. The molecule has 0 spiro atoms. The third kappa shape index (κ3) is 4.33. The topological polar surface area (TPSA) is 84.7 Å². The molecule has 0 saturated carbocycles. The maximum absolute atomic E-state index is 4.94. The summed E-state index contributed by atoms with van der Waals surface area (Å²) in [6.45, 7) is 11.8. The third-order valence-corrected chi connectivity index (χ3v) is 8.42. The molecule has 3 aliphatic rings. The Bertz CT molecular complexity index is 1350. The Hall–Kier alpha value is -2.74. The summed E-state index contributed by atoms with van der Waals surface area (Å²) < 4.78 is 0. The predicted octanol–water partition coefficient (Wildman–Crippen LogP) is 3.50. The number of likely N-dealkylation sites (N-methyl/N-ethyl adjacent to an activating group) is 1. The van der Waals surface area contributed by atoms with E-state index in [1.54, 1.807) is 0 Å². The van der Waals surface area contributed by atoms with Crippen molar-refractivity contribution in [3.63, 3.8) is 0 Å². The van der Waals surface area contributed by atoms with Crippen LogP contribution in [-0.2, 0) is 0 Å². The minimum absolute atomic E-state index is 0.326. The molecule has 0 bridgehead atoms. The lowest BCUT2D eigenvalue weighted by atomic mass is 10.0. The van der Waals surface area contributed by atoms with Crippen LogP contribution >= 0.6 is 0 Å². The van der Waals surface area contributed by atoms with Gasteiger partial charge in [0.25, 0.3) is 0 Å². The van der Waals surface area contributed by atoms with Gasteiger partial charge < -0.3 is 20.6 Å². The fourth-order valence-electron chi connectivity index (χ4n) is 6.53. The zero-order valence-corrected chi connectivity index (χ0v) is 21.6. The summed E-state index contributed by atoms with van der Waals surface area (Å²) in [6, 6.07) is 8.28. The second kappa shape index (κ2) is 9.96. The fourth-order valence-corrected chi connectivity index (χ4v) is 6.53. The summed E-state index contributed by atoms with van der Waals surface area (Å²) in [6.07, 6.45) is 11.5. The molecule has 3 aliphatic heterocycles. The van der Waals surface area contributed by atoms with Crippen molar-refractivity contribution in [2.24, 2.45) is 0 Å². The molecule has 3 saturated heterocycles. The lowest BCUT2D eigenvalue weighted by molar-refractivity contribution is 0.229. The number of benzene rings is 1. The van der Waals surface area contributed by atoms with E-state index in [0.29, 0.717) is 24.2 Å². The van der Waals surface area contributed by atoms with Crippen LogP contribution in [0.3, 0.4) is 0 Å². The molecular weight excluding hydrogens is 446 g/mol. The van der Waals surface area contributed by atoms with Crippen LogP contribution in [0.5, 0.6) is 0 Å². The van der Waals surface area contributed by atoms with E-state index in [0.717, 1.165) is 78.7 Å². The van der Waals surface area contributed by atoms with Crippen LogP contribution in [0.25, 0.3) is 23.7 Å². The zero-order chi connectivity index (χ0) is 24.6. The molecule has 7 heteroatoms. The van der Waals surface area contributed by atoms with Gasteiger partial charge in [0.1, 0.15) is 11.6 Å². The number of hydrogen-bond donors (Lipinski definition) is 4. The molecule has 3 fully saturated rings. The molecule has 7 nitrogen and oxygen atoms in total. The SMILES string of the molecule is C=c1[nH]c([C@@H]2CCCN2)n/c1=C/C(=C\C)C1CCC(c2ccc3nc(C4CCCN4)[nH]c3c2)N1CC. The first kappa shape index (κ1) is 23.6. The van der Waals surface area contributed by atoms with Crippen molar-refractivity contribution >= 4 is 23.7 Å². The van der Waals surface area contributed by atoms with E-state index in [-0.39, 0.29) is 0 Å². The predicted molar refractivity (Wildman–Crippen MR) is 146 cm³/mol. The van der Waals surface area contributed by atoms with Gasteiger partial charge in [0.05, 0.1) is 33.8 Å². The van der Waals surface area contributed by atoms with E-state index in [1.165, 1.54) is 24.0 Å². The zero-order valence-electron chi connectivity index (χ0n) is 21.6. The number of allylic oxidation sites excluding steroid dienone is 1. The van der Waals surface area contributed by atoms with Crippen molar-refractivity contribution < 1.29 is 0 Å². The minimum atomic E-state index is 0.326. The molecule has 36 heavy (non-hydrogen) atoms. The average Bonchev–Trinajstić information content (AvgIpc) is 3.72. The maximum atomic E-state index is 4.94. The molecule has 6 rings (SSSR count). The molecule has 2 aromatic heterocycles. The van der Waals surface area contributed by atoms with Crippen LogP contribution < -0.4 is 21.3 Å². The number of hydrogen-bond acceptors (Lipinski definition) is 5. The summed E-state index contributed by atoms with van der Waals surface area (Å²) in [5.41, 5.74) is 4.93. The number of fused-ring (bicyclic) bond motifs is 1. The third-order valence-electron chi connectivity index (χ3n) is 8.42. The van der Waals surface area contributed by atoms with Crippen molar-refractivity contribution in [2.75, 3.05) is 19.6 Å². The molecule has 0 aliphatic carbocycles. The molecule has 4 N–H and O–H groups in total. The Morgan fingerprint density at radius 1 is 1.03 bits per heavy atom. The van der Waals surface area contributed by atoms with E-state index < -0.39 is 0 Å². The van der Waals surface area contributed by atoms with Gasteiger partial charge >= 0.3 is 0 Å². The van der Waals surface area contributed by atoms with Gasteiger partial charge in [0, 0.05) is 12.1 Å². The van der Waals surface area contributed by atoms with Gasteiger partial charge in [-0.1, -0.05) is 25.6 Å². The van der Waals surface area contributed by atoms with Gasteiger partial charge in [-0.25, -0.2) is 9.97 Å². The molecule has 190 valence electrons. The molecule has 3 unspecified atom stereocenters. The Balaban J connectivity index is 1.25. The highest BCUT2D eigenvalue weighted by Crippen LogP contribution is 2.39. The lowest BCUT2D eigenvalue weighted by Gasteiger charge is -2.30. The smallest absolute Gasteiger partial charge is 0.124 e. The van der Waals surface area contributed by atoms with Crippen LogP contribution in [0, 0.1) is 0 Å². The molecule has 5 heterocycles. The number of rotatable bonds is 6. The molecule has 4 atom stereocenters. The van der Waals surface area contributed by atoms with E-state index in [1.807, 2.05) is 0 Å². The number of nitrogens with zero attached hydrogens (tertiary/aromatic N) is 3. The summed E-state index contributed by atoms with van der Waals surface area (Å²) in [5, 5.41) is 8.98. The first-order valence-corrected chi connectivity index (χ1v) is 13.8. The van der Waals surface area contributed by atoms with Gasteiger partial charge in [-0.15, -0.1) is 0 Å². The fraction of sp³-hybridized carbons (Fsp3) is 0.517. The molecular formula is C29H39N7. The van der Waals surface area contributed by atoms with Crippen LogP contribution in [-0.4, -0.2) is 50.5 Å². The summed E-state index contributed by atoms with van der Waals surface area (Å²) in [7, 11) is 0. The highest BCUT2D eigenvalue weighted by atomic mass is 15.2. The molecule has 0 radical (unpaired) electrons. The van der Waals surface area contributed by atoms with Gasteiger partial charge in [-0.3, -0.25) is 4.90 Å². The van der Waals surface area contributed by atoms with Crippen molar-refractivity contribution in [2.45, 2.75) is 76.5 Å². The normalized spacial score (nSPS) is 28.2. The van der Waals surface area contributed by atoms with Crippen LogP contribution in [0.4, 0.5) is 0 Å². The number of aromatic amines is 2. The van der Waals surface area contributed by atoms with Gasteiger partial charge in [0.15, 0.2) is 0 Å². The number of H-pyrrole nitrogens is 2. The van der Waals surface area contributed by atoms with Crippen molar-refractivity contribution in [3.05, 3.63) is 57.8 Å². The highest BCUT2D eigenvalue weighted by molar-refractivity contribution is 5.76. The van der Waals surface area contributed by atoms with Crippen molar-refractivity contribution in [1.82, 2.24) is 35.5 Å². The summed E-state index contributed by atoms with van der Waals surface area (Å²) >= 11 is 0. The van der Waals surface area contributed by atoms with Crippen molar-refractivity contribution in [3.8, 4) is 0 Å². The number of likely N-dealkylation sites (tertiary alicyclic amines) is 1. The molecule has 3 aromatic rings. The van der Waals surface area contributed by atoms with Gasteiger partial charge in [0.2, 0.25) is 0 Å². The largest absolute Gasteiger partial charge is 0.341 e.